The summed E-state index contributed by atoms with van der Waals surface area (Å²) in [5, 5.41) is -2.59. The average molecular weight is 457 g/mol. The maximum absolute atomic E-state index is 15.2. The summed E-state index contributed by atoms with van der Waals surface area (Å²) < 4.78 is 92.7. The lowest BCUT2D eigenvalue weighted by Crippen LogP contribution is -2.51. The van der Waals surface area contributed by atoms with Gasteiger partial charge in [0.25, 0.3) is 8.32 Å². The third kappa shape index (κ3) is 3.93. The summed E-state index contributed by atoms with van der Waals surface area (Å²) in [6, 6.07) is 9.62. The second kappa shape index (κ2) is 8.57. The van der Waals surface area contributed by atoms with E-state index in [0.717, 1.165) is 5.56 Å². The molecule has 0 radical (unpaired) electrons. The van der Waals surface area contributed by atoms with Gasteiger partial charge >= 0.3 is 0 Å². The normalized spacial score (nSPS) is 12.3. The van der Waals surface area contributed by atoms with Crippen LogP contribution in [0, 0.1) is 34.9 Å². The van der Waals surface area contributed by atoms with Crippen LogP contribution in [0.15, 0.2) is 36.4 Å². The van der Waals surface area contributed by atoms with E-state index in [-0.39, 0.29) is 17.1 Å². The van der Waals surface area contributed by atoms with Crippen LogP contribution in [0.4, 0.5) is 26.3 Å². The maximum Gasteiger partial charge on any atom is 0.260 e. The summed E-state index contributed by atoms with van der Waals surface area (Å²) in [5.41, 5.74) is 0.540. The largest absolute Gasteiger partial charge is 0.539 e. The van der Waals surface area contributed by atoms with E-state index in [4.69, 9.17) is 4.43 Å². The Kier molecular flexibility index (Phi) is 6.41. The number of benzene rings is 3. The van der Waals surface area contributed by atoms with Gasteiger partial charge in [0.2, 0.25) is 5.82 Å². The molecule has 0 amide bonds. The Hall–Kier alpha value is -2.48. The van der Waals surface area contributed by atoms with Gasteiger partial charge in [-0.15, -0.1) is 0 Å². The molecule has 0 N–H and O–H groups in total. The van der Waals surface area contributed by atoms with Crippen molar-refractivity contribution in [3.63, 3.8) is 0 Å². The van der Waals surface area contributed by atoms with Crippen molar-refractivity contribution in [1.29, 1.82) is 0 Å². The molecule has 0 spiro atoms. The number of rotatable bonds is 6. The van der Waals surface area contributed by atoms with E-state index >= 15 is 4.39 Å². The molecule has 1 nitrogen and oxygen atoms in total. The summed E-state index contributed by atoms with van der Waals surface area (Å²) in [4.78, 5) is 0. The van der Waals surface area contributed by atoms with E-state index in [1.807, 2.05) is 58.0 Å². The van der Waals surface area contributed by atoms with Crippen molar-refractivity contribution in [2.24, 2.45) is 0 Å². The highest BCUT2D eigenvalue weighted by Crippen LogP contribution is 2.42. The van der Waals surface area contributed by atoms with Crippen LogP contribution in [0.3, 0.4) is 0 Å². The van der Waals surface area contributed by atoms with Crippen LogP contribution in [0.5, 0.6) is 5.75 Å². The smallest absolute Gasteiger partial charge is 0.260 e. The molecule has 0 fully saturated rings. The monoisotopic (exact) mass is 456 g/mol. The lowest BCUT2D eigenvalue weighted by Gasteiger charge is -2.39. The molecule has 31 heavy (non-hydrogen) atoms. The highest BCUT2D eigenvalue weighted by molar-refractivity contribution is 6.76. The van der Waals surface area contributed by atoms with Crippen LogP contribution in [-0.4, -0.2) is 8.32 Å². The van der Waals surface area contributed by atoms with Crippen molar-refractivity contribution in [3.8, 4) is 5.75 Å². The summed E-state index contributed by atoms with van der Waals surface area (Å²) in [7, 11) is -3.08. The molecule has 166 valence electrons. The minimum absolute atomic E-state index is 0.0986. The van der Waals surface area contributed by atoms with Crippen LogP contribution in [0.1, 0.15) is 33.3 Å². The first-order valence-corrected chi connectivity index (χ1v) is 12.1. The minimum Gasteiger partial charge on any atom is -0.539 e. The van der Waals surface area contributed by atoms with E-state index in [1.165, 1.54) is 0 Å². The summed E-state index contributed by atoms with van der Waals surface area (Å²) in [5.74, 6) is -11.5. The van der Waals surface area contributed by atoms with Crippen molar-refractivity contribution in [3.05, 3.63) is 76.9 Å². The van der Waals surface area contributed by atoms with Crippen LogP contribution in [0.25, 0.3) is 10.8 Å². The zero-order valence-electron chi connectivity index (χ0n) is 17.5. The second-order valence-corrected chi connectivity index (χ2v) is 13.0. The van der Waals surface area contributed by atoms with E-state index < -0.39 is 59.7 Å². The SMILES string of the molecule is CC(C)[Si](Cc1ccccc1)(Oc1c(F)c(F)c2c(F)c(F)cc(F)c2c1F)C(C)C. The molecule has 0 aliphatic rings. The fraction of sp³-hybridized carbons (Fsp3) is 0.304. The predicted molar refractivity (Wildman–Crippen MR) is 110 cm³/mol. The zero-order chi connectivity index (χ0) is 23.1. The number of hydrogen-bond acceptors (Lipinski definition) is 1. The number of fused-ring (bicyclic) bond motifs is 1. The van der Waals surface area contributed by atoms with E-state index in [9.17, 15) is 22.0 Å². The first-order valence-electron chi connectivity index (χ1n) is 9.87. The molecule has 0 aliphatic heterocycles. The Labute approximate surface area is 177 Å². The quantitative estimate of drug-likeness (QED) is 0.211. The number of hydrogen-bond donors (Lipinski definition) is 0. The molecule has 0 aromatic heterocycles. The molecule has 0 saturated heterocycles. The summed E-state index contributed by atoms with van der Waals surface area (Å²) in [6.07, 6.45) is 0. The van der Waals surface area contributed by atoms with Crippen LogP contribution in [0.2, 0.25) is 11.1 Å². The molecule has 3 rings (SSSR count). The minimum atomic E-state index is -3.08. The van der Waals surface area contributed by atoms with Gasteiger partial charge in [-0.05, 0) is 16.6 Å². The molecule has 3 aromatic rings. The molecule has 0 bridgehead atoms. The molecule has 0 atom stereocenters. The first kappa shape index (κ1) is 23.2. The van der Waals surface area contributed by atoms with Gasteiger partial charge in [0.1, 0.15) is 5.82 Å². The molecule has 0 heterocycles. The lowest BCUT2D eigenvalue weighted by molar-refractivity contribution is 0.402. The molecule has 8 heteroatoms. The molecule has 0 saturated carbocycles. The van der Waals surface area contributed by atoms with Gasteiger partial charge in [0.15, 0.2) is 29.0 Å². The van der Waals surface area contributed by atoms with E-state index in [2.05, 4.69) is 0 Å². The summed E-state index contributed by atoms with van der Waals surface area (Å²) in [6.45, 7) is 7.38. The van der Waals surface area contributed by atoms with Crippen molar-refractivity contribution >= 4 is 19.1 Å². The highest BCUT2D eigenvalue weighted by Gasteiger charge is 2.46. The van der Waals surface area contributed by atoms with Gasteiger partial charge < -0.3 is 4.43 Å². The van der Waals surface area contributed by atoms with Crippen LogP contribution in [-0.2, 0) is 6.04 Å². The fourth-order valence-electron chi connectivity index (χ4n) is 3.98. The lowest BCUT2D eigenvalue weighted by atomic mass is 10.1. The zero-order valence-corrected chi connectivity index (χ0v) is 18.5. The third-order valence-electron chi connectivity index (χ3n) is 5.77. The Morgan fingerprint density at radius 2 is 1.29 bits per heavy atom. The fourth-order valence-corrected chi connectivity index (χ4v) is 8.10. The van der Waals surface area contributed by atoms with Gasteiger partial charge in [-0.2, -0.15) is 4.39 Å². The third-order valence-corrected chi connectivity index (χ3v) is 11.2. The van der Waals surface area contributed by atoms with Crippen LogP contribution < -0.4 is 4.43 Å². The van der Waals surface area contributed by atoms with E-state index in [0.29, 0.717) is 6.04 Å². The standard InChI is InChI=1S/C23H22F6OSi/c1-12(2)31(13(3)4,11-14-8-6-5-7-9-14)30-23-21(28)17-15(24)10-16(25)19(26)18(17)20(27)22(23)29/h5-10,12-13H,11H2,1-4H3. The van der Waals surface area contributed by atoms with Gasteiger partial charge in [-0.25, -0.2) is 22.0 Å². The maximum atomic E-state index is 15.2. The molecule has 0 aliphatic carbocycles. The Morgan fingerprint density at radius 1 is 0.710 bits per heavy atom. The predicted octanol–water partition coefficient (Wildman–Crippen LogP) is 7.60. The Morgan fingerprint density at radius 3 is 1.84 bits per heavy atom. The van der Waals surface area contributed by atoms with Gasteiger partial charge in [0.05, 0.1) is 10.8 Å². The van der Waals surface area contributed by atoms with Crippen molar-refractivity contribution in [1.82, 2.24) is 0 Å². The molecular formula is C23H22F6OSi. The van der Waals surface area contributed by atoms with Gasteiger partial charge in [0, 0.05) is 12.1 Å². The van der Waals surface area contributed by atoms with Gasteiger partial charge in [-0.1, -0.05) is 58.0 Å². The average Bonchev–Trinajstić information content (AvgIpc) is 2.71. The van der Waals surface area contributed by atoms with Crippen molar-refractivity contribution in [2.75, 3.05) is 0 Å². The molecular weight excluding hydrogens is 434 g/mol. The molecule has 3 aromatic carbocycles. The summed E-state index contributed by atoms with van der Waals surface area (Å²) >= 11 is 0. The Balaban J connectivity index is 2.26. The first-order chi connectivity index (χ1) is 14.5. The van der Waals surface area contributed by atoms with Gasteiger partial charge in [-0.3, -0.25) is 0 Å². The highest BCUT2D eigenvalue weighted by atomic mass is 28.4. The second-order valence-electron chi connectivity index (χ2n) is 8.20. The topological polar surface area (TPSA) is 9.23 Å². The molecule has 0 unspecified atom stereocenters. The number of halogens is 6. The van der Waals surface area contributed by atoms with E-state index in [1.54, 1.807) is 0 Å². The Bertz CT molecular complexity index is 1110. The van der Waals surface area contributed by atoms with Crippen molar-refractivity contribution in [2.45, 2.75) is 44.8 Å². The van der Waals surface area contributed by atoms with Crippen LogP contribution >= 0.6 is 0 Å². The van der Waals surface area contributed by atoms with Crippen molar-refractivity contribution < 1.29 is 30.8 Å².